The van der Waals surface area contributed by atoms with Crippen molar-refractivity contribution in [3.63, 3.8) is 0 Å². The van der Waals surface area contributed by atoms with E-state index in [-0.39, 0.29) is 18.4 Å². The second-order valence-electron chi connectivity index (χ2n) is 8.24. The van der Waals surface area contributed by atoms with E-state index in [9.17, 15) is 9.59 Å². The smallest absolute Gasteiger partial charge is 0.265 e. The molecule has 2 aromatic carbocycles. The van der Waals surface area contributed by atoms with Crippen LogP contribution in [0.4, 0.5) is 11.4 Å². The molecule has 154 valence electrons. The molecule has 2 aromatic rings. The van der Waals surface area contributed by atoms with Crippen LogP contribution in [0.3, 0.4) is 0 Å². The summed E-state index contributed by atoms with van der Waals surface area (Å²) in [5.41, 5.74) is 1.95. The molecule has 6 heteroatoms. The van der Waals surface area contributed by atoms with Gasteiger partial charge in [-0.3, -0.25) is 9.59 Å². The van der Waals surface area contributed by atoms with Crippen molar-refractivity contribution in [2.45, 2.75) is 34.1 Å². The molecule has 0 atom stereocenters. The van der Waals surface area contributed by atoms with E-state index < -0.39 is 5.41 Å². The Morgan fingerprint density at radius 3 is 2.72 bits per heavy atom. The summed E-state index contributed by atoms with van der Waals surface area (Å²) in [6.07, 6.45) is 0.678. The molecule has 0 bridgehead atoms. The zero-order valence-electron chi connectivity index (χ0n) is 17.5. The molecule has 1 aliphatic rings. The van der Waals surface area contributed by atoms with Crippen LogP contribution in [-0.2, 0) is 9.59 Å². The molecule has 3 rings (SSSR count). The van der Waals surface area contributed by atoms with Gasteiger partial charge in [-0.2, -0.15) is 0 Å². The third kappa shape index (κ3) is 5.28. The van der Waals surface area contributed by atoms with Crippen molar-refractivity contribution in [1.29, 1.82) is 0 Å². The summed E-state index contributed by atoms with van der Waals surface area (Å²) >= 11 is 0. The molecule has 0 aromatic heterocycles. The fraction of sp³-hybridized carbons (Fsp3) is 0.391. The van der Waals surface area contributed by atoms with E-state index in [0.717, 1.165) is 11.3 Å². The van der Waals surface area contributed by atoms with Gasteiger partial charge in [0.1, 0.15) is 11.5 Å². The number of amides is 2. The Kier molecular flexibility index (Phi) is 6.11. The minimum Gasteiger partial charge on any atom is -0.494 e. The fourth-order valence-corrected chi connectivity index (χ4v) is 2.96. The average molecular weight is 396 g/mol. The zero-order chi connectivity index (χ0) is 21.0. The van der Waals surface area contributed by atoms with Gasteiger partial charge in [0, 0.05) is 17.6 Å². The number of fused-ring (bicyclic) bond motifs is 1. The zero-order valence-corrected chi connectivity index (χ0v) is 17.5. The summed E-state index contributed by atoms with van der Waals surface area (Å²) < 4.78 is 11.3. The van der Waals surface area contributed by atoms with E-state index in [1.54, 1.807) is 23.1 Å². The summed E-state index contributed by atoms with van der Waals surface area (Å²) in [5.74, 6) is 1.27. The van der Waals surface area contributed by atoms with E-state index in [1.807, 2.05) is 52.0 Å². The normalized spacial score (nSPS) is 13.5. The monoisotopic (exact) mass is 396 g/mol. The lowest BCUT2D eigenvalue weighted by Gasteiger charge is -2.30. The van der Waals surface area contributed by atoms with Gasteiger partial charge < -0.3 is 19.7 Å². The van der Waals surface area contributed by atoms with Crippen LogP contribution in [0, 0.1) is 12.3 Å². The van der Waals surface area contributed by atoms with Crippen LogP contribution >= 0.6 is 0 Å². The first kappa shape index (κ1) is 20.7. The third-order valence-corrected chi connectivity index (χ3v) is 4.63. The number of ether oxygens (including phenoxy) is 2. The Bertz CT molecular complexity index is 902. The number of rotatable bonds is 6. The van der Waals surface area contributed by atoms with E-state index in [4.69, 9.17) is 9.47 Å². The highest BCUT2D eigenvalue weighted by molar-refractivity contribution is 6.00. The molecule has 0 saturated carbocycles. The maximum atomic E-state index is 12.4. The van der Waals surface area contributed by atoms with Crippen LogP contribution in [0.1, 0.15) is 32.8 Å². The van der Waals surface area contributed by atoms with Gasteiger partial charge in [0.05, 0.1) is 12.3 Å². The van der Waals surface area contributed by atoms with Crippen molar-refractivity contribution in [2.75, 3.05) is 30.0 Å². The Morgan fingerprint density at radius 1 is 1.21 bits per heavy atom. The highest BCUT2D eigenvalue weighted by Crippen LogP contribution is 2.35. The molecule has 1 aliphatic heterocycles. The molecule has 0 unspecified atom stereocenters. The molecule has 0 saturated heterocycles. The van der Waals surface area contributed by atoms with Crippen LogP contribution in [0.25, 0.3) is 0 Å². The molecule has 1 heterocycles. The van der Waals surface area contributed by atoms with Gasteiger partial charge in [0.2, 0.25) is 5.91 Å². The minimum absolute atomic E-state index is 0.0133. The van der Waals surface area contributed by atoms with Crippen molar-refractivity contribution in [1.82, 2.24) is 0 Å². The van der Waals surface area contributed by atoms with Crippen molar-refractivity contribution >= 4 is 23.2 Å². The summed E-state index contributed by atoms with van der Waals surface area (Å²) in [7, 11) is 0. The predicted octanol–water partition coefficient (Wildman–Crippen LogP) is 4.17. The molecule has 0 aliphatic carbocycles. The van der Waals surface area contributed by atoms with E-state index in [2.05, 4.69) is 5.32 Å². The second kappa shape index (κ2) is 8.55. The number of benzene rings is 2. The number of nitrogens with zero attached hydrogens (tertiary/aromatic N) is 1. The summed E-state index contributed by atoms with van der Waals surface area (Å²) in [6.45, 7) is 8.61. The molecule has 0 fully saturated rings. The Balaban J connectivity index is 1.66. The van der Waals surface area contributed by atoms with Crippen LogP contribution in [0.5, 0.6) is 11.5 Å². The Labute approximate surface area is 171 Å². The van der Waals surface area contributed by atoms with Gasteiger partial charge >= 0.3 is 0 Å². The number of anilines is 2. The van der Waals surface area contributed by atoms with Gasteiger partial charge in [0.25, 0.3) is 5.91 Å². The lowest BCUT2D eigenvalue weighted by molar-refractivity contribution is -0.123. The predicted molar refractivity (Wildman–Crippen MR) is 114 cm³/mol. The first-order valence-corrected chi connectivity index (χ1v) is 9.82. The number of hydrogen-bond donors (Lipinski definition) is 1. The molecule has 0 radical (unpaired) electrons. The van der Waals surface area contributed by atoms with Gasteiger partial charge in [-0.15, -0.1) is 0 Å². The van der Waals surface area contributed by atoms with E-state index in [0.29, 0.717) is 36.7 Å². The number of carbonyl (C=O) groups excluding carboxylic acids is 2. The van der Waals surface area contributed by atoms with Crippen LogP contribution < -0.4 is 19.7 Å². The van der Waals surface area contributed by atoms with Crippen molar-refractivity contribution < 1.29 is 19.1 Å². The van der Waals surface area contributed by atoms with Crippen molar-refractivity contribution in [3.8, 4) is 11.5 Å². The molecule has 1 N–H and O–H groups in total. The molecule has 0 spiro atoms. The highest BCUT2D eigenvalue weighted by Gasteiger charge is 2.27. The van der Waals surface area contributed by atoms with Gasteiger partial charge in [-0.25, -0.2) is 0 Å². The van der Waals surface area contributed by atoms with Crippen molar-refractivity contribution in [2.24, 2.45) is 5.41 Å². The standard InChI is InChI=1S/C23H28N2O4/c1-16-7-5-8-18(13-16)28-12-6-11-25-19-14-17(24-22(27)23(2,3)4)9-10-20(19)29-15-21(25)26/h5,7-10,13-14H,6,11-12,15H2,1-4H3,(H,24,27). The Hall–Kier alpha value is -3.02. The highest BCUT2D eigenvalue weighted by atomic mass is 16.5. The molecular formula is C23H28N2O4. The first-order chi connectivity index (χ1) is 13.7. The van der Waals surface area contributed by atoms with Gasteiger partial charge in [-0.05, 0) is 49.2 Å². The summed E-state index contributed by atoms with van der Waals surface area (Å²) in [5, 5.41) is 2.90. The lowest BCUT2D eigenvalue weighted by Crippen LogP contribution is -2.40. The first-order valence-electron chi connectivity index (χ1n) is 9.82. The number of nitrogens with one attached hydrogen (secondary N) is 1. The van der Waals surface area contributed by atoms with Gasteiger partial charge in [0.15, 0.2) is 6.61 Å². The SMILES string of the molecule is Cc1cccc(OCCCN2C(=O)COc3ccc(NC(=O)C(C)(C)C)cc32)c1. The quantitative estimate of drug-likeness (QED) is 0.744. The van der Waals surface area contributed by atoms with Gasteiger partial charge in [-0.1, -0.05) is 32.9 Å². The van der Waals surface area contributed by atoms with E-state index in [1.165, 1.54) is 0 Å². The molecule has 6 nitrogen and oxygen atoms in total. The lowest BCUT2D eigenvalue weighted by atomic mass is 9.95. The molecular weight excluding hydrogens is 368 g/mol. The third-order valence-electron chi connectivity index (χ3n) is 4.63. The maximum Gasteiger partial charge on any atom is 0.265 e. The Morgan fingerprint density at radius 2 is 2.00 bits per heavy atom. The average Bonchev–Trinajstić information content (AvgIpc) is 2.66. The summed E-state index contributed by atoms with van der Waals surface area (Å²) in [4.78, 5) is 26.4. The summed E-state index contributed by atoms with van der Waals surface area (Å²) in [6, 6.07) is 13.3. The van der Waals surface area contributed by atoms with Crippen LogP contribution in [0.2, 0.25) is 0 Å². The van der Waals surface area contributed by atoms with E-state index >= 15 is 0 Å². The molecule has 29 heavy (non-hydrogen) atoms. The molecule has 2 amide bonds. The fourth-order valence-electron chi connectivity index (χ4n) is 2.96. The number of aryl methyl sites for hydroxylation is 1. The van der Waals surface area contributed by atoms with Crippen molar-refractivity contribution in [3.05, 3.63) is 48.0 Å². The maximum absolute atomic E-state index is 12.4. The van der Waals surface area contributed by atoms with Crippen LogP contribution in [-0.4, -0.2) is 31.6 Å². The van der Waals surface area contributed by atoms with Crippen LogP contribution in [0.15, 0.2) is 42.5 Å². The largest absolute Gasteiger partial charge is 0.494 e. The topological polar surface area (TPSA) is 67.9 Å². The minimum atomic E-state index is -0.505. The number of hydrogen-bond acceptors (Lipinski definition) is 4. The second-order valence-corrected chi connectivity index (χ2v) is 8.24. The number of carbonyl (C=O) groups is 2.